The summed E-state index contributed by atoms with van der Waals surface area (Å²) >= 11 is 3.06. The minimum Gasteiger partial charge on any atom is -0.457 e. The van der Waals surface area contributed by atoms with E-state index in [0.717, 1.165) is 6.07 Å². The topological polar surface area (TPSA) is 13.1 Å². The average molecular weight is 291 g/mol. The highest BCUT2D eigenvalue weighted by Gasteiger charge is 2.33. The van der Waals surface area contributed by atoms with E-state index in [1.165, 1.54) is 24.5 Å². The highest BCUT2D eigenvalue weighted by atomic mass is 79.9. The van der Waals surface area contributed by atoms with Gasteiger partial charge < -0.3 is 4.42 Å². The van der Waals surface area contributed by atoms with Crippen molar-refractivity contribution in [1.29, 1.82) is 0 Å². The van der Waals surface area contributed by atoms with Crippen LogP contribution in [-0.2, 0) is 6.18 Å². The molecule has 1 heterocycles. The maximum Gasteiger partial charge on any atom is 0.417 e. The first-order valence-electron chi connectivity index (χ1n) is 4.39. The molecule has 0 fully saturated rings. The largest absolute Gasteiger partial charge is 0.457 e. The first-order valence-corrected chi connectivity index (χ1v) is 5.18. The van der Waals surface area contributed by atoms with Gasteiger partial charge in [0.05, 0.1) is 11.8 Å². The summed E-state index contributed by atoms with van der Waals surface area (Å²) in [7, 11) is 0. The van der Waals surface area contributed by atoms with Gasteiger partial charge in [-0.05, 0) is 33.6 Å². The second-order valence-corrected chi connectivity index (χ2v) is 3.96. The molecule has 1 aromatic heterocycles. The molecule has 0 aliphatic carbocycles. The van der Waals surface area contributed by atoms with Crippen molar-refractivity contribution in [3.8, 4) is 11.1 Å². The van der Waals surface area contributed by atoms with Gasteiger partial charge in [-0.25, -0.2) is 0 Å². The van der Waals surface area contributed by atoms with Gasteiger partial charge in [0.25, 0.3) is 0 Å². The van der Waals surface area contributed by atoms with Crippen LogP contribution in [0.1, 0.15) is 5.56 Å². The smallest absolute Gasteiger partial charge is 0.417 e. The summed E-state index contributed by atoms with van der Waals surface area (Å²) in [6, 6.07) is 6.90. The normalized spacial score (nSPS) is 11.8. The van der Waals surface area contributed by atoms with E-state index < -0.39 is 11.7 Å². The number of hydrogen-bond donors (Lipinski definition) is 0. The van der Waals surface area contributed by atoms with Gasteiger partial charge in [0.15, 0.2) is 4.67 Å². The zero-order valence-electron chi connectivity index (χ0n) is 7.88. The molecular formula is C11H6BrF3O. The molecule has 0 atom stereocenters. The Morgan fingerprint density at radius 1 is 1.12 bits per heavy atom. The Balaban J connectivity index is 2.57. The first-order chi connectivity index (χ1) is 7.48. The number of rotatable bonds is 1. The molecule has 84 valence electrons. The molecule has 0 spiro atoms. The van der Waals surface area contributed by atoms with Gasteiger partial charge in [-0.15, -0.1) is 0 Å². The van der Waals surface area contributed by atoms with E-state index in [0.29, 0.717) is 10.2 Å². The highest BCUT2D eigenvalue weighted by Crippen LogP contribution is 2.37. The van der Waals surface area contributed by atoms with Crippen molar-refractivity contribution in [3.63, 3.8) is 0 Å². The second kappa shape index (κ2) is 3.97. The fourth-order valence-corrected chi connectivity index (χ4v) is 1.77. The van der Waals surface area contributed by atoms with Crippen LogP contribution in [-0.4, -0.2) is 0 Å². The third-order valence-corrected chi connectivity index (χ3v) is 2.53. The molecule has 16 heavy (non-hydrogen) atoms. The van der Waals surface area contributed by atoms with Crippen molar-refractivity contribution in [1.82, 2.24) is 0 Å². The van der Waals surface area contributed by atoms with E-state index in [-0.39, 0.29) is 5.56 Å². The Kier molecular flexibility index (Phi) is 2.80. The SMILES string of the molecule is FC(F)(F)c1ccccc1-c1coc(Br)c1. The molecule has 0 bridgehead atoms. The summed E-state index contributed by atoms with van der Waals surface area (Å²) < 4.78 is 43.4. The van der Waals surface area contributed by atoms with Crippen LogP contribution in [0, 0.1) is 0 Å². The van der Waals surface area contributed by atoms with Crippen LogP contribution in [0.25, 0.3) is 11.1 Å². The van der Waals surface area contributed by atoms with Gasteiger partial charge in [0, 0.05) is 5.56 Å². The van der Waals surface area contributed by atoms with Crippen LogP contribution in [0.4, 0.5) is 13.2 Å². The van der Waals surface area contributed by atoms with Gasteiger partial charge >= 0.3 is 6.18 Å². The first kappa shape index (κ1) is 11.3. The fraction of sp³-hybridized carbons (Fsp3) is 0.0909. The Hall–Kier alpha value is -1.23. The van der Waals surface area contributed by atoms with Crippen LogP contribution >= 0.6 is 15.9 Å². The summed E-state index contributed by atoms with van der Waals surface area (Å²) in [6.45, 7) is 0. The molecule has 0 saturated heterocycles. The number of furan rings is 1. The zero-order chi connectivity index (χ0) is 11.8. The van der Waals surface area contributed by atoms with Gasteiger partial charge in [0.2, 0.25) is 0 Å². The summed E-state index contributed by atoms with van der Waals surface area (Å²) in [5.74, 6) is 0. The van der Waals surface area contributed by atoms with Crippen LogP contribution < -0.4 is 0 Å². The quantitative estimate of drug-likeness (QED) is 0.740. The fourth-order valence-electron chi connectivity index (χ4n) is 1.43. The molecule has 0 aliphatic rings. The Bertz CT molecular complexity index is 502. The van der Waals surface area contributed by atoms with Crippen molar-refractivity contribution in [3.05, 3.63) is 46.8 Å². The van der Waals surface area contributed by atoms with Gasteiger partial charge in [-0.1, -0.05) is 18.2 Å². The van der Waals surface area contributed by atoms with E-state index in [4.69, 9.17) is 4.42 Å². The van der Waals surface area contributed by atoms with E-state index in [1.54, 1.807) is 6.07 Å². The Labute approximate surface area is 98.0 Å². The average Bonchev–Trinajstić information content (AvgIpc) is 2.64. The molecule has 0 saturated carbocycles. The molecule has 5 heteroatoms. The van der Waals surface area contributed by atoms with Crippen molar-refractivity contribution in [2.45, 2.75) is 6.18 Å². The second-order valence-electron chi connectivity index (χ2n) is 3.18. The van der Waals surface area contributed by atoms with Crippen LogP contribution in [0.3, 0.4) is 0 Å². The maximum atomic E-state index is 12.7. The molecule has 2 rings (SSSR count). The molecule has 0 amide bonds. The molecule has 0 N–H and O–H groups in total. The lowest BCUT2D eigenvalue weighted by atomic mass is 10.0. The Morgan fingerprint density at radius 3 is 2.38 bits per heavy atom. The van der Waals surface area contributed by atoms with Crippen LogP contribution in [0.5, 0.6) is 0 Å². The third-order valence-electron chi connectivity index (χ3n) is 2.11. The third kappa shape index (κ3) is 2.14. The van der Waals surface area contributed by atoms with E-state index >= 15 is 0 Å². The molecular weight excluding hydrogens is 285 g/mol. The van der Waals surface area contributed by atoms with Crippen molar-refractivity contribution in [2.24, 2.45) is 0 Å². The standard InChI is InChI=1S/C11H6BrF3O/c12-10-5-7(6-16-10)8-3-1-2-4-9(8)11(13,14)15/h1-6H. The van der Waals surface area contributed by atoms with Crippen molar-refractivity contribution in [2.75, 3.05) is 0 Å². The number of halogens is 4. The Morgan fingerprint density at radius 2 is 1.81 bits per heavy atom. The summed E-state index contributed by atoms with van der Waals surface area (Å²) in [5.41, 5.74) is -0.146. The van der Waals surface area contributed by atoms with Gasteiger partial charge in [-0.2, -0.15) is 13.2 Å². The summed E-state index contributed by atoms with van der Waals surface area (Å²) in [4.78, 5) is 0. The molecule has 1 nitrogen and oxygen atoms in total. The maximum absolute atomic E-state index is 12.7. The molecule has 0 aliphatic heterocycles. The molecule has 2 aromatic rings. The predicted molar refractivity (Wildman–Crippen MR) is 56.8 cm³/mol. The number of alkyl halides is 3. The summed E-state index contributed by atoms with van der Waals surface area (Å²) in [6.07, 6.45) is -3.07. The zero-order valence-corrected chi connectivity index (χ0v) is 9.47. The molecule has 0 radical (unpaired) electrons. The number of hydrogen-bond acceptors (Lipinski definition) is 1. The monoisotopic (exact) mass is 290 g/mol. The predicted octanol–water partition coefficient (Wildman–Crippen LogP) is 4.73. The minimum atomic E-state index is -4.36. The lowest BCUT2D eigenvalue weighted by Crippen LogP contribution is -2.06. The van der Waals surface area contributed by atoms with Gasteiger partial charge in [0.1, 0.15) is 0 Å². The lowest BCUT2D eigenvalue weighted by molar-refractivity contribution is -0.137. The van der Waals surface area contributed by atoms with Crippen LogP contribution in [0.15, 0.2) is 45.7 Å². The van der Waals surface area contributed by atoms with E-state index in [9.17, 15) is 13.2 Å². The van der Waals surface area contributed by atoms with E-state index in [1.807, 2.05) is 0 Å². The highest BCUT2D eigenvalue weighted by molar-refractivity contribution is 9.10. The van der Waals surface area contributed by atoms with Gasteiger partial charge in [-0.3, -0.25) is 0 Å². The molecule has 0 unspecified atom stereocenters. The van der Waals surface area contributed by atoms with Crippen molar-refractivity contribution < 1.29 is 17.6 Å². The molecule has 1 aromatic carbocycles. The number of benzene rings is 1. The minimum absolute atomic E-state index is 0.115. The van der Waals surface area contributed by atoms with Crippen molar-refractivity contribution >= 4 is 15.9 Å². The van der Waals surface area contributed by atoms with Crippen LogP contribution in [0.2, 0.25) is 0 Å². The summed E-state index contributed by atoms with van der Waals surface area (Å²) in [5, 5.41) is 0. The lowest BCUT2D eigenvalue weighted by Gasteiger charge is -2.10. The van der Waals surface area contributed by atoms with E-state index in [2.05, 4.69) is 15.9 Å².